The first-order valence-corrected chi connectivity index (χ1v) is 23.4. The summed E-state index contributed by atoms with van der Waals surface area (Å²) in [5.41, 5.74) is 5.67. The molecule has 1 aliphatic heterocycles. The Morgan fingerprint density at radius 2 is 1.47 bits per heavy atom. The van der Waals surface area contributed by atoms with Gasteiger partial charge in [0.1, 0.15) is 36.4 Å². The summed E-state index contributed by atoms with van der Waals surface area (Å²) >= 11 is 0. The van der Waals surface area contributed by atoms with E-state index in [4.69, 9.17) is 17.1 Å². The molecular formula is C49H60F2N8O15. The summed E-state index contributed by atoms with van der Waals surface area (Å²) in [5.74, 6) is -13.3. The zero-order valence-electron chi connectivity index (χ0n) is 41.8. The Balaban J connectivity index is 1.68. The Kier molecular flexibility index (Phi) is 20.8. The van der Waals surface area contributed by atoms with Crippen LogP contribution in [-0.2, 0) is 64.1 Å². The number of carbonyl (C=O) groups is 11. The Bertz CT molecular complexity index is 2610. The molecule has 25 heteroatoms. The zero-order chi connectivity index (χ0) is 55.7. The smallest absolute Gasteiger partial charge is 0.333 e. The van der Waals surface area contributed by atoms with Crippen molar-refractivity contribution in [3.05, 3.63) is 83.7 Å². The third-order valence-electron chi connectivity index (χ3n) is 11.4. The van der Waals surface area contributed by atoms with E-state index in [1.807, 2.05) is 12.1 Å². The number of hydrogen-bond acceptors (Lipinski definition) is 13. The number of nitrogens with zero attached hydrogens (tertiary/aromatic N) is 3. The summed E-state index contributed by atoms with van der Waals surface area (Å²) in [5, 5.41) is 36.2. The average molecular weight is 1040 g/mol. The van der Waals surface area contributed by atoms with Crippen LogP contribution in [0.1, 0.15) is 102 Å². The van der Waals surface area contributed by atoms with Crippen molar-refractivity contribution < 1.29 is 83.1 Å². The number of rotatable bonds is 28. The van der Waals surface area contributed by atoms with Gasteiger partial charge in [0.05, 0.1) is 12.5 Å². The molecule has 2 aromatic carbocycles. The van der Waals surface area contributed by atoms with Gasteiger partial charge >= 0.3 is 17.9 Å². The summed E-state index contributed by atoms with van der Waals surface area (Å²) in [6.07, 6.45) is -3.19. The summed E-state index contributed by atoms with van der Waals surface area (Å²) < 4.78 is 40.3. The fourth-order valence-electron chi connectivity index (χ4n) is 7.94. The Morgan fingerprint density at radius 3 is 2.08 bits per heavy atom. The lowest BCUT2D eigenvalue weighted by Gasteiger charge is -2.41. The van der Waals surface area contributed by atoms with Gasteiger partial charge in [0, 0.05) is 81.2 Å². The topological polar surface area (TPSA) is 343 Å². The summed E-state index contributed by atoms with van der Waals surface area (Å²) in [7, 11) is 0. The van der Waals surface area contributed by atoms with Crippen molar-refractivity contribution in [1.82, 2.24) is 35.8 Å². The number of benzene rings is 2. The molecule has 1 aliphatic rings. The molecule has 1 aromatic heterocycles. The van der Waals surface area contributed by atoms with E-state index in [0.29, 0.717) is 10.8 Å². The monoisotopic (exact) mass is 1040 g/mol. The maximum absolute atomic E-state index is 15.4. The summed E-state index contributed by atoms with van der Waals surface area (Å²) in [6, 6.07) is 7.05. The van der Waals surface area contributed by atoms with Crippen LogP contribution in [0.15, 0.2) is 60.8 Å². The van der Waals surface area contributed by atoms with Crippen LogP contribution in [0.5, 0.6) is 0 Å². The second-order valence-electron chi connectivity index (χ2n) is 18.3. The van der Waals surface area contributed by atoms with Crippen LogP contribution in [0.25, 0.3) is 11.1 Å². The number of aliphatic hydroxyl groups excluding tert-OH is 1. The van der Waals surface area contributed by atoms with Gasteiger partial charge in [-0.25, -0.2) is 18.4 Å². The first-order chi connectivity index (χ1) is 35.3. The van der Waals surface area contributed by atoms with Gasteiger partial charge in [-0.05, 0) is 54.5 Å². The van der Waals surface area contributed by atoms with Gasteiger partial charge in [0.25, 0.3) is 11.8 Å². The highest BCUT2D eigenvalue weighted by atomic mass is 19.1. The molecule has 0 saturated carbocycles. The second kappa shape index (κ2) is 27.1. The molecule has 0 radical (unpaired) electrons. The number of aliphatic carboxylic acids is 2. The largest absolute Gasteiger partial charge is 0.481 e. The fourth-order valence-corrected chi connectivity index (χ4v) is 7.94. The number of primary amides is 1. The van der Waals surface area contributed by atoms with Gasteiger partial charge in [0.15, 0.2) is 1.41 Å². The number of hydrogen-bond donors (Lipinski definition) is 8. The van der Waals surface area contributed by atoms with Crippen molar-refractivity contribution in [2.45, 2.75) is 116 Å². The van der Waals surface area contributed by atoms with Gasteiger partial charge in [-0.2, -0.15) is 0 Å². The fraction of sp³-hybridized carbons (Fsp3) is 0.449. The highest BCUT2D eigenvalue weighted by Crippen LogP contribution is 2.41. The van der Waals surface area contributed by atoms with Crippen LogP contribution in [0, 0.1) is 17.0 Å². The van der Waals surface area contributed by atoms with Crippen LogP contribution < -0.4 is 27.0 Å². The second-order valence-corrected chi connectivity index (χ2v) is 18.3. The number of nitrogens with one attached hydrogen (secondary N) is 4. The number of aliphatic hydroxyl groups is 1. The molecule has 4 rings (SSSR count). The SMILES string of the molecule is [2H]N(CCC(=O)N[C@@H](CCC(=O)O)C(=O)O)C(=O)[C@H](CCN(C(=O)CO)[C@@H](c1cc(-c2cc(F)ccc2F)cn1Cc1ccccc1)C(C)(C)C)NC(=O)[C@H](CC(N)=O)NC(=O)CCCC(=O)ON1C(=O)CCC1=O. The molecule has 0 spiro atoms. The van der Waals surface area contributed by atoms with E-state index in [2.05, 4.69) is 16.0 Å². The number of nitrogens with two attached hydrogens (primary N) is 1. The molecule has 74 heavy (non-hydrogen) atoms. The third-order valence-corrected chi connectivity index (χ3v) is 11.4. The molecule has 1 saturated heterocycles. The highest BCUT2D eigenvalue weighted by Gasteiger charge is 2.39. The van der Waals surface area contributed by atoms with Crippen LogP contribution >= 0.6 is 0 Å². The molecule has 4 atom stereocenters. The summed E-state index contributed by atoms with van der Waals surface area (Å²) in [6.45, 7) is 3.02. The molecule has 0 aliphatic carbocycles. The lowest BCUT2D eigenvalue weighted by molar-refractivity contribution is -0.197. The lowest BCUT2D eigenvalue weighted by Crippen LogP contribution is -2.56. The average Bonchev–Trinajstić information content (AvgIpc) is 3.89. The standard InChI is InChI=1S/C49H60F2N8O15/c1-49(2,3)45(36-22-29(31-23-30(50)12-13-32(31)51)26-57(36)25-28-8-5-4-6-9-28)58(42(66)27-60)21-19-33(46(70)53-20-18-39(63)54-34(48(72)73)14-17-43(67)68)56-47(71)35(24-37(52)61)55-38(62)10-7-11-44(69)74-59-40(64)15-16-41(59)65/h4-6,8-9,12-13,22-23,26,33-35,45,60H,7,10-11,14-21,24-25,27H2,1-3H3,(H2,52,61)(H,53,70)(H,54,63)(H,55,62)(H,56,71)(H,67,68)(H,72,73)/t33-,34-,35-,45-/m0/s1/i/hD. The van der Waals surface area contributed by atoms with E-state index >= 15 is 4.39 Å². The van der Waals surface area contributed by atoms with Gasteiger partial charge in [0.2, 0.25) is 35.4 Å². The molecule has 8 amide bonds. The first kappa shape index (κ1) is 56.8. The lowest BCUT2D eigenvalue weighted by atomic mass is 9.82. The van der Waals surface area contributed by atoms with Crippen LogP contribution in [-0.4, -0.2) is 133 Å². The molecule has 2 heterocycles. The number of halogens is 2. The predicted octanol–water partition coefficient (Wildman–Crippen LogP) is 1.34. The number of hydroxylamine groups is 2. The number of carbonyl (C=O) groups excluding carboxylic acids is 9. The van der Waals surface area contributed by atoms with Crippen molar-refractivity contribution in [3.8, 4) is 11.1 Å². The first-order valence-electron chi connectivity index (χ1n) is 23.8. The molecule has 9 N–H and O–H groups in total. The van der Waals surface area contributed by atoms with E-state index in [0.717, 1.165) is 23.8 Å². The van der Waals surface area contributed by atoms with Gasteiger partial charge < -0.3 is 56.6 Å². The molecule has 0 unspecified atom stereocenters. The van der Waals surface area contributed by atoms with Crippen molar-refractivity contribution in [1.29, 1.82) is 0 Å². The predicted molar refractivity (Wildman–Crippen MR) is 254 cm³/mol. The molecule has 400 valence electrons. The minimum atomic E-state index is -1.85. The maximum Gasteiger partial charge on any atom is 0.333 e. The Labute approximate surface area is 424 Å². The molecular weight excluding hydrogens is 979 g/mol. The van der Waals surface area contributed by atoms with Crippen LogP contribution in [0.3, 0.4) is 0 Å². The van der Waals surface area contributed by atoms with Crippen LogP contribution in [0.4, 0.5) is 8.78 Å². The molecule has 1 fully saturated rings. The van der Waals surface area contributed by atoms with Gasteiger partial charge in [-0.1, -0.05) is 51.1 Å². The Hall–Kier alpha value is -8.09. The van der Waals surface area contributed by atoms with Crippen molar-refractivity contribution in [2.24, 2.45) is 11.1 Å². The molecule has 3 aromatic rings. The van der Waals surface area contributed by atoms with Gasteiger partial charge in [-0.3, -0.25) is 43.2 Å². The number of amides is 8. The number of aromatic nitrogens is 1. The molecule has 23 nitrogen and oxygen atoms in total. The van der Waals surface area contributed by atoms with E-state index in [1.165, 1.54) is 4.90 Å². The number of imide groups is 1. The van der Waals surface area contributed by atoms with E-state index in [9.17, 15) is 67.3 Å². The van der Waals surface area contributed by atoms with Crippen LogP contribution in [0.2, 0.25) is 1.41 Å². The maximum atomic E-state index is 15.4. The number of carboxylic acid groups (broad SMARTS) is 2. The van der Waals surface area contributed by atoms with E-state index in [-0.39, 0.29) is 42.2 Å². The van der Waals surface area contributed by atoms with E-state index < -0.39 is 171 Å². The van der Waals surface area contributed by atoms with E-state index in [1.54, 1.807) is 55.8 Å². The molecule has 0 bridgehead atoms. The Morgan fingerprint density at radius 1 is 0.824 bits per heavy atom. The summed E-state index contributed by atoms with van der Waals surface area (Å²) in [4.78, 5) is 145. The zero-order valence-corrected chi connectivity index (χ0v) is 40.8. The van der Waals surface area contributed by atoms with Crippen molar-refractivity contribution in [2.75, 3.05) is 19.7 Å². The normalized spacial score (nSPS) is 14.2. The van der Waals surface area contributed by atoms with Crippen molar-refractivity contribution in [3.63, 3.8) is 0 Å². The highest BCUT2D eigenvalue weighted by molar-refractivity contribution is 6.01. The number of carboxylic acids is 2. The minimum absolute atomic E-state index is 0.111. The van der Waals surface area contributed by atoms with Gasteiger partial charge in [-0.15, -0.1) is 5.06 Å². The quantitative estimate of drug-likeness (QED) is 0.0476. The minimum Gasteiger partial charge on any atom is -0.481 e. The third kappa shape index (κ3) is 17.6. The van der Waals surface area contributed by atoms with Crippen molar-refractivity contribution >= 4 is 65.2 Å².